The monoisotopic (exact) mass is 544 g/mol. The van der Waals surface area contributed by atoms with Crippen LogP contribution in [0.25, 0.3) is 34.6 Å². The number of aliphatic imine (C=N–C) groups is 1. The molecule has 0 aliphatic carbocycles. The first kappa shape index (κ1) is 31.9. The van der Waals surface area contributed by atoms with Crippen LogP contribution in [0.15, 0.2) is 53.7 Å². The number of hydrogen-bond donors (Lipinski definition) is 3. The zero-order valence-corrected chi connectivity index (χ0v) is 25.2. The van der Waals surface area contributed by atoms with E-state index in [0.717, 1.165) is 58.1 Å². The summed E-state index contributed by atoms with van der Waals surface area (Å²) in [6, 6.07) is 14.6. The fourth-order valence-corrected chi connectivity index (χ4v) is 4.21. The highest BCUT2D eigenvalue weighted by atomic mass is 16.5. The van der Waals surface area contributed by atoms with E-state index < -0.39 is 6.09 Å². The fourth-order valence-electron chi connectivity index (χ4n) is 4.21. The Labute approximate surface area is 237 Å². The molecule has 4 rings (SSSR count). The number of aromatic amines is 2. The van der Waals surface area contributed by atoms with Crippen LogP contribution in [0.3, 0.4) is 0 Å². The summed E-state index contributed by atoms with van der Waals surface area (Å²) in [5, 5.41) is 4.44. The van der Waals surface area contributed by atoms with Gasteiger partial charge in [-0.25, -0.2) is 14.8 Å². The van der Waals surface area contributed by atoms with E-state index in [0.29, 0.717) is 5.95 Å². The number of aromatic nitrogens is 3. The SMILES string of the molecule is C=c1[nH]cc/c1=C(/N=C\C)N(CCC)Cc1cc(-c2ccc3nc(NC(=O)OC)[nH]c3c2)ccc1C.CC.CC. The normalized spacial score (nSPS) is 11.3. The molecule has 0 radical (unpaired) electrons. The van der Waals surface area contributed by atoms with Crippen molar-refractivity contribution in [3.8, 4) is 11.1 Å². The van der Waals surface area contributed by atoms with Gasteiger partial charge in [-0.1, -0.05) is 59.4 Å². The summed E-state index contributed by atoms with van der Waals surface area (Å²) in [5.41, 5.74) is 6.20. The number of benzene rings is 2. The minimum Gasteiger partial charge on any atom is -0.453 e. The lowest BCUT2D eigenvalue weighted by atomic mass is 9.99. The Hall–Kier alpha value is -4.33. The molecule has 214 valence electrons. The van der Waals surface area contributed by atoms with Crippen molar-refractivity contribution >= 4 is 41.7 Å². The predicted octanol–water partition coefficient (Wildman–Crippen LogP) is 6.58. The lowest BCUT2D eigenvalue weighted by Gasteiger charge is -2.25. The molecule has 0 aliphatic rings. The number of hydrogen-bond acceptors (Lipinski definition) is 5. The summed E-state index contributed by atoms with van der Waals surface area (Å²) < 4.78 is 4.65. The number of carbonyl (C=O) groups excluding carboxylic acids is 1. The summed E-state index contributed by atoms with van der Waals surface area (Å²) in [6.45, 7) is 20.0. The van der Waals surface area contributed by atoms with Gasteiger partial charge in [0, 0.05) is 36.1 Å². The highest BCUT2D eigenvalue weighted by Gasteiger charge is 2.14. The van der Waals surface area contributed by atoms with Crippen LogP contribution in [0.2, 0.25) is 0 Å². The molecule has 3 N–H and O–H groups in total. The number of aryl methyl sites for hydroxylation is 1. The van der Waals surface area contributed by atoms with Crippen molar-refractivity contribution in [2.75, 3.05) is 19.0 Å². The van der Waals surface area contributed by atoms with Gasteiger partial charge in [-0.15, -0.1) is 0 Å². The molecule has 8 heteroatoms. The average molecular weight is 545 g/mol. The number of imidazole rings is 1. The quantitative estimate of drug-likeness (QED) is 0.218. The molecule has 2 heterocycles. The van der Waals surface area contributed by atoms with Gasteiger partial charge in [-0.3, -0.25) is 5.32 Å². The van der Waals surface area contributed by atoms with E-state index in [2.05, 4.69) is 68.5 Å². The highest BCUT2D eigenvalue weighted by molar-refractivity contribution is 5.88. The number of amides is 1. The number of H-pyrrole nitrogens is 2. The summed E-state index contributed by atoms with van der Waals surface area (Å²) in [6.07, 6.45) is 4.16. The number of nitrogens with zero attached hydrogens (tertiary/aromatic N) is 3. The van der Waals surface area contributed by atoms with Crippen LogP contribution in [0, 0.1) is 6.92 Å². The largest absolute Gasteiger partial charge is 0.453 e. The molecule has 8 nitrogen and oxygen atoms in total. The van der Waals surface area contributed by atoms with Crippen LogP contribution in [-0.2, 0) is 11.3 Å². The second kappa shape index (κ2) is 15.9. The Bertz CT molecular complexity index is 1520. The third kappa shape index (κ3) is 7.85. The molecule has 0 saturated heterocycles. The Balaban J connectivity index is 0.00000134. The molecule has 0 atom stereocenters. The van der Waals surface area contributed by atoms with Gasteiger partial charge < -0.3 is 19.6 Å². The van der Waals surface area contributed by atoms with E-state index in [4.69, 9.17) is 4.99 Å². The molecule has 2 aromatic carbocycles. The highest BCUT2D eigenvalue weighted by Crippen LogP contribution is 2.27. The van der Waals surface area contributed by atoms with Crippen LogP contribution in [-0.4, -0.2) is 45.8 Å². The molecule has 0 bridgehead atoms. The van der Waals surface area contributed by atoms with Crippen molar-refractivity contribution in [3.63, 3.8) is 0 Å². The van der Waals surface area contributed by atoms with Crippen LogP contribution >= 0.6 is 0 Å². The topological polar surface area (TPSA) is 98.4 Å². The standard InChI is InChI=1S/C28H32N6O2.2C2H6/c1-6-14-34(26(29-7-2)23-12-13-30-19(23)4)17-22-15-20(9-8-18(22)3)21-10-11-24-25(16-21)32-27(31-24)33-28(35)36-5;2*1-2/h7-13,15-16,30H,4,6,14,17H2,1-3,5H3,(H2,31,32,33,35);2*1-2H3/b26-23+,29-7-;;. The molecule has 0 spiro atoms. The molecule has 0 fully saturated rings. The molecular formula is C32H44N6O2. The molecule has 40 heavy (non-hydrogen) atoms. The summed E-state index contributed by atoms with van der Waals surface area (Å²) in [7, 11) is 1.32. The lowest BCUT2D eigenvalue weighted by Crippen LogP contribution is -2.32. The van der Waals surface area contributed by atoms with Crippen molar-refractivity contribution in [1.82, 2.24) is 19.9 Å². The second-order valence-corrected chi connectivity index (χ2v) is 8.58. The zero-order chi connectivity index (χ0) is 29.7. The maximum atomic E-state index is 11.5. The van der Waals surface area contributed by atoms with E-state index in [-0.39, 0.29) is 0 Å². The van der Waals surface area contributed by atoms with Gasteiger partial charge >= 0.3 is 6.09 Å². The molecule has 0 saturated carbocycles. The van der Waals surface area contributed by atoms with Crippen LogP contribution < -0.4 is 15.9 Å². The number of ether oxygens (including phenoxy) is 1. The predicted molar refractivity (Wildman–Crippen MR) is 169 cm³/mol. The number of anilines is 1. The van der Waals surface area contributed by atoms with Crippen molar-refractivity contribution in [3.05, 3.63) is 70.4 Å². The third-order valence-electron chi connectivity index (χ3n) is 6.05. The summed E-state index contributed by atoms with van der Waals surface area (Å²) >= 11 is 0. The second-order valence-electron chi connectivity index (χ2n) is 8.58. The van der Waals surface area contributed by atoms with Crippen LogP contribution in [0.1, 0.15) is 59.1 Å². The number of methoxy groups -OCH3 is 1. The first-order chi connectivity index (χ1) is 19.4. The van der Waals surface area contributed by atoms with Gasteiger partial charge in [0.2, 0.25) is 5.95 Å². The lowest BCUT2D eigenvalue weighted by molar-refractivity contribution is 0.186. The van der Waals surface area contributed by atoms with Crippen LogP contribution in [0.4, 0.5) is 10.7 Å². The van der Waals surface area contributed by atoms with Crippen molar-refractivity contribution < 1.29 is 9.53 Å². The van der Waals surface area contributed by atoms with Gasteiger partial charge in [0.15, 0.2) is 0 Å². The molecule has 4 aromatic rings. The van der Waals surface area contributed by atoms with Crippen LogP contribution in [0.5, 0.6) is 0 Å². The van der Waals surface area contributed by atoms with E-state index >= 15 is 0 Å². The van der Waals surface area contributed by atoms with Gasteiger partial charge in [-0.05, 0) is 66.8 Å². The summed E-state index contributed by atoms with van der Waals surface area (Å²) in [5.74, 6) is 1.27. The summed E-state index contributed by atoms with van der Waals surface area (Å²) in [4.78, 5) is 29.3. The third-order valence-corrected chi connectivity index (χ3v) is 6.05. The van der Waals surface area contributed by atoms with Gasteiger partial charge in [0.25, 0.3) is 0 Å². The number of rotatable bonds is 8. The molecule has 2 aromatic heterocycles. The Morgan fingerprint density at radius 3 is 2.45 bits per heavy atom. The van der Waals surface area contributed by atoms with Crippen molar-refractivity contribution in [2.24, 2.45) is 4.99 Å². The maximum absolute atomic E-state index is 11.5. The van der Waals surface area contributed by atoms with Gasteiger partial charge in [0.05, 0.1) is 18.1 Å². The Kier molecular flexibility index (Phi) is 12.7. The van der Waals surface area contributed by atoms with Gasteiger partial charge in [-0.2, -0.15) is 0 Å². The molecule has 0 unspecified atom stereocenters. The minimum absolute atomic E-state index is 0.350. The zero-order valence-electron chi connectivity index (χ0n) is 25.2. The van der Waals surface area contributed by atoms with E-state index in [1.807, 2.05) is 71.3 Å². The maximum Gasteiger partial charge on any atom is 0.413 e. The smallest absolute Gasteiger partial charge is 0.413 e. The Morgan fingerprint density at radius 1 is 1.12 bits per heavy atom. The number of nitrogens with one attached hydrogen (secondary N) is 3. The van der Waals surface area contributed by atoms with E-state index in [9.17, 15) is 4.79 Å². The first-order valence-electron chi connectivity index (χ1n) is 14.0. The first-order valence-corrected chi connectivity index (χ1v) is 14.0. The Morgan fingerprint density at radius 2 is 1.82 bits per heavy atom. The molecule has 1 amide bonds. The van der Waals surface area contributed by atoms with Crippen molar-refractivity contribution in [1.29, 1.82) is 0 Å². The van der Waals surface area contributed by atoms with Crippen molar-refractivity contribution in [2.45, 2.75) is 61.4 Å². The average Bonchev–Trinajstić information content (AvgIpc) is 3.59. The van der Waals surface area contributed by atoms with Gasteiger partial charge in [0.1, 0.15) is 5.82 Å². The molecular weight excluding hydrogens is 500 g/mol. The van der Waals surface area contributed by atoms with E-state index in [1.54, 1.807) is 0 Å². The molecule has 0 aliphatic heterocycles. The number of fused-ring (bicyclic) bond motifs is 1. The number of carbonyl (C=O) groups is 1. The fraction of sp³-hybridized carbons (Fsp3) is 0.344. The minimum atomic E-state index is -0.566. The van der Waals surface area contributed by atoms with E-state index in [1.165, 1.54) is 18.2 Å².